The molecule has 2 saturated heterocycles. The summed E-state index contributed by atoms with van der Waals surface area (Å²) in [5.41, 5.74) is 1.57. The maximum Gasteiger partial charge on any atom is 0.226 e. The Morgan fingerprint density at radius 3 is 2.91 bits per heavy atom. The average molecular weight is 314 g/mol. The molecule has 0 unspecified atom stereocenters. The first-order valence-corrected chi connectivity index (χ1v) is 8.96. The third-order valence-corrected chi connectivity index (χ3v) is 5.93. The smallest absolute Gasteiger partial charge is 0.226 e. The molecule has 1 aromatic carbocycles. The van der Waals surface area contributed by atoms with E-state index in [4.69, 9.17) is 4.74 Å². The van der Waals surface area contributed by atoms with Gasteiger partial charge >= 0.3 is 0 Å². The molecule has 0 aliphatic carbocycles. The van der Waals surface area contributed by atoms with Crippen molar-refractivity contribution in [1.29, 1.82) is 0 Å². The molecule has 1 amide bonds. The average Bonchev–Trinajstić information content (AvgIpc) is 2.86. The molecule has 1 spiro atoms. The van der Waals surface area contributed by atoms with E-state index in [2.05, 4.69) is 16.3 Å². The third kappa shape index (κ3) is 2.97. The summed E-state index contributed by atoms with van der Waals surface area (Å²) < 4.78 is 5.82. The van der Waals surface area contributed by atoms with Crippen molar-refractivity contribution < 1.29 is 9.53 Å². The summed E-state index contributed by atoms with van der Waals surface area (Å²) in [6, 6.07) is 8.15. The second-order valence-electron chi connectivity index (χ2n) is 7.41. The van der Waals surface area contributed by atoms with Crippen LogP contribution in [0.1, 0.15) is 31.2 Å². The van der Waals surface area contributed by atoms with Gasteiger partial charge in [-0.25, -0.2) is 0 Å². The summed E-state index contributed by atoms with van der Waals surface area (Å²) in [5, 5.41) is 3.44. The normalized spacial score (nSPS) is 26.4. The highest BCUT2D eigenvalue weighted by Gasteiger charge is 2.42. The van der Waals surface area contributed by atoms with E-state index in [9.17, 15) is 4.79 Å². The highest BCUT2D eigenvalue weighted by atomic mass is 16.5. The number of carbonyl (C=O) groups is 1. The van der Waals surface area contributed by atoms with Crippen molar-refractivity contribution >= 4 is 5.91 Å². The molecule has 3 aliphatic heterocycles. The number of nitrogens with zero attached hydrogens (tertiary/aromatic N) is 1. The van der Waals surface area contributed by atoms with Gasteiger partial charge < -0.3 is 15.0 Å². The Bertz CT molecular complexity index is 580. The van der Waals surface area contributed by atoms with Gasteiger partial charge in [-0.3, -0.25) is 4.79 Å². The standard InChI is InChI=1S/C19H26N2O2/c22-18(21-11-8-19(14-21)6-9-20-10-7-19)16-5-12-23-17-4-2-1-3-15(17)13-16/h1-4,16,20H,5-14H2/t16-/m1/s1. The predicted octanol–water partition coefficient (Wildman–Crippen LogP) is 2.23. The first-order chi connectivity index (χ1) is 11.3. The molecule has 2 fully saturated rings. The molecule has 3 aliphatic rings. The van der Waals surface area contributed by atoms with Gasteiger partial charge in [-0.05, 0) is 62.2 Å². The summed E-state index contributed by atoms with van der Waals surface area (Å²) in [6.45, 7) is 4.76. The summed E-state index contributed by atoms with van der Waals surface area (Å²) in [6.07, 6.45) is 5.26. The quantitative estimate of drug-likeness (QED) is 0.864. The molecule has 4 rings (SSSR count). The van der Waals surface area contributed by atoms with Gasteiger partial charge in [-0.15, -0.1) is 0 Å². The number of para-hydroxylation sites is 1. The number of benzene rings is 1. The van der Waals surface area contributed by atoms with Crippen molar-refractivity contribution in [2.24, 2.45) is 11.3 Å². The number of hydrogen-bond acceptors (Lipinski definition) is 3. The van der Waals surface area contributed by atoms with Crippen LogP contribution in [-0.4, -0.2) is 43.6 Å². The van der Waals surface area contributed by atoms with E-state index in [1.165, 1.54) is 24.8 Å². The van der Waals surface area contributed by atoms with Crippen molar-refractivity contribution in [2.75, 3.05) is 32.8 Å². The lowest BCUT2D eigenvalue weighted by molar-refractivity contribution is -0.135. The Balaban J connectivity index is 1.45. The van der Waals surface area contributed by atoms with Crippen LogP contribution >= 0.6 is 0 Å². The molecule has 4 heteroatoms. The molecule has 1 N–H and O–H groups in total. The molecule has 4 nitrogen and oxygen atoms in total. The molecule has 0 radical (unpaired) electrons. The van der Waals surface area contributed by atoms with Crippen LogP contribution in [0.5, 0.6) is 5.75 Å². The van der Waals surface area contributed by atoms with Gasteiger partial charge in [0, 0.05) is 19.0 Å². The number of amides is 1. The summed E-state index contributed by atoms with van der Waals surface area (Å²) in [7, 11) is 0. The Hall–Kier alpha value is -1.55. The van der Waals surface area contributed by atoms with Gasteiger partial charge in [0.05, 0.1) is 6.61 Å². The van der Waals surface area contributed by atoms with E-state index in [0.717, 1.165) is 44.8 Å². The second kappa shape index (κ2) is 6.16. The molecule has 124 valence electrons. The molecule has 0 saturated carbocycles. The maximum absolute atomic E-state index is 13.0. The van der Waals surface area contributed by atoms with E-state index in [-0.39, 0.29) is 5.92 Å². The zero-order valence-corrected chi connectivity index (χ0v) is 13.7. The van der Waals surface area contributed by atoms with Crippen LogP contribution in [0.25, 0.3) is 0 Å². The minimum absolute atomic E-state index is 0.0792. The number of likely N-dealkylation sites (tertiary alicyclic amines) is 1. The van der Waals surface area contributed by atoms with Crippen LogP contribution < -0.4 is 10.1 Å². The van der Waals surface area contributed by atoms with Gasteiger partial charge in [0.2, 0.25) is 5.91 Å². The zero-order chi connectivity index (χ0) is 15.7. The minimum Gasteiger partial charge on any atom is -0.493 e. The number of nitrogens with one attached hydrogen (secondary N) is 1. The Labute approximate surface area is 138 Å². The number of ether oxygens (including phenoxy) is 1. The number of hydrogen-bond donors (Lipinski definition) is 1. The van der Waals surface area contributed by atoms with Gasteiger partial charge in [-0.1, -0.05) is 18.2 Å². The lowest BCUT2D eigenvalue weighted by atomic mass is 9.78. The van der Waals surface area contributed by atoms with Crippen molar-refractivity contribution in [3.8, 4) is 5.75 Å². The van der Waals surface area contributed by atoms with E-state index in [1.54, 1.807) is 0 Å². The Morgan fingerprint density at radius 1 is 1.22 bits per heavy atom. The molecular formula is C19H26N2O2. The largest absolute Gasteiger partial charge is 0.493 e. The summed E-state index contributed by atoms with van der Waals surface area (Å²) in [5.74, 6) is 1.38. The first-order valence-electron chi connectivity index (χ1n) is 8.96. The van der Waals surface area contributed by atoms with Crippen LogP contribution in [0.3, 0.4) is 0 Å². The van der Waals surface area contributed by atoms with E-state index >= 15 is 0 Å². The summed E-state index contributed by atoms with van der Waals surface area (Å²) >= 11 is 0. The number of rotatable bonds is 1. The predicted molar refractivity (Wildman–Crippen MR) is 89.5 cm³/mol. The zero-order valence-electron chi connectivity index (χ0n) is 13.7. The van der Waals surface area contributed by atoms with E-state index < -0.39 is 0 Å². The fourth-order valence-electron chi connectivity index (χ4n) is 4.45. The second-order valence-corrected chi connectivity index (χ2v) is 7.41. The van der Waals surface area contributed by atoms with Crippen molar-refractivity contribution in [2.45, 2.75) is 32.1 Å². The van der Waals surface area contributed by atoms with E-state index in [1.807, 2.05) is 18.2 Å². The van der Waals surface area contributed by atoms with Gasteiger partial charge in [0.15, 0.2) is 0 Å². The van der Waals surface area contributed by atoms with Crippen LogP contribution in [0, 0.1) is 11.3 Å². The third-order valence-electron chi connectivity index (χ3n) is 5.93. The Kier molecular flexibility index (Phi) is 4.02. The maximum atomic E-state index is 13.0. The van der Waals surface area contributed by atoms with Gasteiger partial charge in [0.25, 0.3) is 0 Å². The lowest BCUT2D eigenvalue weighted by Gasteiger charge is -2.34. The lowest BCUT2D eigenvalue weighted by Crippen LogP contribution is -2.41. The topological polar surface area (TPSA) is 41.6 Å². The minimum atomic E-state index is 0.0792. The number of piperidine rings is 1. The van der Waals surface area contributed by atoms with Crippen LogP contribution in [0.2, 0.25) is 0 Å². The highest BCUT2D eigenvalue weighted by molar-refractivity contribution is 5.79. The summed E-state index contributed by atoms with van der Waals surface area (Å²) in [4.78, 5) is 15.2. The molecule has 3 heterocycles. The van der Waals surface area contributed by atoms with Crippen molar-refractivity contribution in [3.63, 3.8) is 0 Å². The molecule has 1 atom stereocenters. The van der Waals surface area contributed by atoms with Crippen LogP contribution in [0.15, 0.2) is 24.3 Å². The van der Waals surface area contributed by atoms with Gasteiger partial charge in [0.1, 0.15) is 5.75 Å². The van der Waals surface area contributed by atoms with Crippen LogP contribution in [0.4, 0.5) is 0 Å². The number of fused-ring (bicyclic) bond motifs is 1. The Morgan fingerprint density at radius 2 is 2.04 bits per heavy atom. The molecule has 23 heavy (non-hydrogen) atoms. The highest BCUT2D eigenvalue weighted by Crippen LogP contribution is 2.39. The van der Waals surface area contributed by atoms with Gasteiger partial charge in [-0.2, -0.15) is 0 Å². The monoisotopic (exact) mass is 314 g/mol. The SMILES string of the molecule is O=C([C@@H]1CCOc2ccccc2C1)N1CCC2(CCNCC2)C1. The molecule has 0 bridgehead atoms. The fourth-order valence-corrected chi connectivity index (χ4v) is 4.45. The van der Waals surface area contributed by atoms with Crippen molar-refractivity contribution in [3.05, 3.63) is 29.8 Å². The molecular weight excluding hydrogens is 288 g/mol. The van der Waals surface area contributed by atoms with Crippen molar-refractivity contribution in [1.82, 2.24) is 10.2 Å². The molecule has 0 aromatic heterocycles. The molecule has 1 aromatic rings. The fraction of sp³-hybridized carbons (Fsp3) is 0.632. The van der Waals surface area contributed by atoms with E-state index in [0.29, 0.717) is 17.9 Å². The van der Waals surface area contributed by atoms with Crippen LogP contribution in [-0.2, 0) is 11.2 Å². The first kappa shape index (κ1) is 15.0. The number of carbonyl (C=O) groups excluding carboxylic acids is 1.